The molecule has 1 aromatic rings. The number of hydrogen-bond donors (Lipinski definition) is 1. The normalized spacial score (nSPS) is 18.4. The van der Waals surface area contributed by atoms with Crippen LogP contribution in [0.2, 0.25) is 0 Å². The Labute approximate surface area is 115 Å². The van der Waals surface area contributed by atoms with Crippen LogP contribution in [0.25, 0.3) is 0 Å². The fourth-order valence-electron chi connectivity index (χ4n) is 3.53. The number of unbranched alkanes of at least 4 members (excludes halogenated alkanes) is 2. The van der Waals surface area contributed by atoms with E-state index in [4.69, 9.17) is 0 Å². The van der Waals surface area contributed by atoms with Crippen molar-refractivity contribution in [2.75, 3.05) is 0 Å². The van der Waals surface area contributed by atoms with Crippen molar-refractivity contribution in [2.45, 2.75) is 70.1 Å². The van der Waals surface area contributed by atoms with Crippen molar-refractivity contribution in [3.05, 3.63) is 29.6 Å². The predicted molar refractivity (Wildman–Crippen MR) is 77.0 cm³/mol. The van der Waals surface area contributed by atoms with Gasteiger partial charge >= 0.3 is 0 Å². The fraction of sp³-hybridized carbons (Fsp3) is 0.647. The molecule has 2 heteroatoms. The van der Waals surface area contributed by atoms with Crippen molar-refractivity contribution >= 4 is 0 Å². The average molecular weight is 264 g/mol. The lowest BCUT2D eigenvalue weighted by Crippen LogP contribution is -2.30. The van der Waals surface area contributed by atoms with E-state index < -0.39 is 0 Å². The van der Waals surface area contributed by atoms with Gasteiger partial charge in [-0.3, -0.25) is 0 Å². The van der Waals surface area contributed by atoms with Crippen LogP contribution in [0.1, 0.15) is 70.3 Å². The average Bonchev–Trinajstić information content (AvgIpc) is 2.40. The van der Waals surface area contributed by atoms with Crippen molar-refractivity contribution in [3.8, 4) is 5.75 Å². The van der Waals surface area contributed by atoms with E-state index in [1.54, 1.807) is 6.07 Å². The summed E-state index contributed by atoms with van der Waals surface area (Å²) >= 11 is 0. The summed E-state index contributed by atoms with van der Waals surface area (Å²) in [6.45, 7) is 2.20. The molecule has 0 saturated heterocycles. The largest absolute Gasteiger partial charge is 0.508 e. The van der Waals surface area contributed by atoms with Crippen molar-refractivity contribution < 1.29 is 9.50 Å². The third-order valence-corrected chi connectivity index (χ3v) is 4.59. The molecule has 1 aliphatic carbocycles. The molecule has 106 valence electrons. The van der Waals surface area contributed by atoms with Crippen molar-refractivity contribution in [1.82, 2.24) is 0 Å². The minimum Gasteiger partial charge on any atom is -0.508 e. The zero-order valence-corrected chi connectivity index (χ0v) is 11.9. The summed E-state index contributed by atoms with van der Waals surface area (Å²) in [5.74, 6) is -0.195. The highest BCUT2D eigenvalue weighted by atomic mass is 19.1. The lowest BCUT2D eigenvalue weighted by atomic mass is 9.66. The van der Waals surface area contributed by atoms with E-state index in [-0.39, 0.29) is 17.0 Å². The van der Waals surface area contributed by atoms with Gasteiger partial charge in [-0.1, -0.05) is 51.5 Å². The minimum atomic E-state index is -0.224. The second kappa shape index (κ2) is 6.40. The van der Waals surface area contributed by atoms with Gasteiger partial charge in [-0.2, -0.15) is 0 Å². The number of halogens is 1. The van der Waals surface area contributed by atoms with Crippen LogP contribution in [-0.2, 0) is 5.41 Å². The zero-order valence-electron chi connectivity index (χ0n) is 11.9. The Balaban J connectivity index is 2.25. The molecule has 0 bridgehead atoms. The molecule has 19 heavy (non-hydrogen) atoms. The van der Waals surface area contributed by atoms with Gasteiger partial charge in [0.2, 0.25) is 0 Å². The number of benzene rings is 1. The van der Waals surface area contributed by atoms with Gasteiger partial charge in [-0.15, -0.1) is 0 Å². The molecule has 0 unspecified atom stereocenters. The molecule has 0 atom stereocenters. The third kappa shape index (κ3) is 3.29. The monoisotopic (exact) mass is 264 g/mol. The van der Waals surface area contributed by atoms with Gasteiger partial charge < -0.3 is 5.11 Å². The maximum absolute atomic E-state index is 14.2. The Kier molecular flexibility index (Phi) is 4.84. The van der Waals surface area contributed by atoms with Gasteiger partial charge in [-0.05, 0) is 36.3 Å². The standard InChI is InChI=1S/C17H25FO/c1-2-3-5-10-17(11-6-4-7-12-17)15-9-8-14(19)13-16(15)18/h8-9,13,19H,2-7,10-12H2,1H3. The molecule has 1 aromatic carbocycles. The smallest absolute Gasteiger partial charge is 0.130 e. The molecule has 0 aliphatic heterocycles. The summed E-state index contributed by atoms with van der Waals surface area (Å²) in [6.07, 6.45) is 10.6. The maximum atomic E-state index is 14.2. The number of rotatable bonds is 5. The molecule has 1 N–H and O–H groups in total. The summed E-state index contributed by atoms with van der Waals surface area (Å²) in [4.78, 5) is 0. The van der Waals surface area contributed by atoms with Gasteiger partial charge in [0.05, 0.1) is 0 Å². The second-order valence-corrected chi connectivity index (χ2v) is 5.96. The molecule has 0 radical (unpaired) electrons. The second-order valence-electron chi connectivity index (χ2n) is 5.96. The van der Waals surface area contributed by atoms with Gasteiger partial charge in [0, 0.05) is 6.07 Å². The van der Waals surface area contributed by atoms with Gasteiger partial charge in [-0.25, -0.2) is 4.39 Å². The molecule has 0 heterocycles. The fourth-order valence-corrected chi connectivity index (χ4v) is 3.53. The maximum Gasteiger partial charge on any atom is 0.130 e. The van der Waals surface area contributed by atoms with Gasteiger partial charge in [0.25, 0.3) is 0 Å². The molecule has 0 spiro atoms. The van der Waals surface area contributed by atoms with E-state index in [2.05, 4.69) is 6.92 Å². The van der Waals surface area contributed by atoms with E-state index in [1.807, 2.05) is 6.07 Å². The van der Waals surface area contributed by atoms with Crippen LogP contribution in [0.3, 0.4) is 0 Å². The van der Waals surface area contributed by atoms with Gasteiger partial charge in [0.1, 0.15) is 11.6 Å². The number of phenols is 1. The highest BCUT2D eigenvalue weighted by Crippen LogP contribution is 2.44. The first-order chi connectivity index (χ1) is 9.18. The van der Waals surface area contributed by atoms with E-state index in [1.165, 1.54) is 44.6 Å². The summed E-state index contributed by atoms with van der Waals surface area (Å²) < 4.78 is 14.2. The van der Waals surface area contributed by atoms with Crippen molar-refractivity contribution in [1.29, 1.82) is 0 Å². The van der Waals surface area contributed by atoms with Crippen LogP contribution in [0.4, 0.5) is 4.39 Å². The predicted octanol–water partition coefficient (Wildman–Crippen LogP) is 5.31. The van der Waals surface area contributed by atoms with E-state index in [0.717, 1.165) is 24.8 Å². The van der Waals surface area contributed by atoms with E-state index in [0.29, 0.717) is 0 Å². The van der Waals surface area contributed by atoms with Crippen molar-refractivity contribution in [3.63, 3.8) is 0 Å². The molecule has 1 nitrogen and oxygen atoms in total. The van der Waals surface area contributed by atoms with Crippen LogP contribution >= 0.6 is 0 Å². The summed E-state index contributed by atoms with van der Waals surface area (Å²) in [5.41, 5.74) is 0.853. The van der Waals surface area contributed by atoms with E-state index >= 15 is 0 Å². The Morgan fingerprint density at radius 1 is 1.16 bits per heavy atom. The minimum absolute atomic E-state index is 0.0191. The van der Waals surface area contributed by atoms with Crippen LogP contribution in [0.15, 0.2) is 18.2 Å². The number of phenolic OH excluding ortho intramolecular Hbond substituents is 1. The van der Waals surface area contributed by atoms with Crippen LogP contribution < -0.4 is 0 Å². The van der Waals surface area contributed by atoms with E-state index in [9.17, 15) is 9.50 Å². The molecular formula is C17H25FO. The first kappa shape index (κ1) is 14.4. The molecule has 0 aromatic heterocycles. The Morgan fingerprint density at radius 3 is 2.53 bits per heavy atom. The SMILES string of the molecule is CCCCCC1(c2ccc(O)cc2F)CCCCC1. The highest BCUT2D eigenvalue weighted by Gasteiger charge is 2.35. The molecule has 1 aliphatic rings. The third-order valence-electron chi connectivity index (χ3n) is 4.59. The van der Waals surface area contributed by atoms with Crippen LogP contribution in [0, 0.1) is 5.82 Å². The number of hydrogen-bond acceptors (Lipinski definition) is 1. The lowest BCUT2D eigenvalue weighted by molar-refractivity contribution is 0.258. The molecular weight excluding hydrogens is 239 g/mol. The first-order valence-electron chi connectivity index (χ1n) is 7.67. The van der Waals surface area contributed by atoms with Crippen LogP contribution in [-0.4, -0.2) is 5.11 Å². The lowest BCUT2D eigenvalue weighted by Gasteiger charge is -2.38. The molecule has 1 saturated carbocycles. The summed E-state index contributed by atoms with van der Waals surface area (Å²) in [7, 11) is 0. The highest BCUT2D eigenvalue weighted by molar-refractivity contribution is 5.33. The Morgan fingerprint density at radius 2 is 1.89 bits per heavy atom. The Bertz CT molecular complexity index is 408. The topological polar surface area (TPSA) is 20.2 Å². The quantitative estimate of drug-likeness (QED) is 0.714. The number of aromatic hydroxyl groups is 1. The van der Waals surface area contributed by atoms with Gasteiger partial charge in [0.15, 0.2) is 0 Å². The molecule has 2 rings (SSSR count). The summed E-state index contributed by atoms with van der Waals surface area (Å²) in [5, 5.41) is 9.39. The molecule has 0 amide bonds. The first-order valence-corrected chi connectivity index (χ1v) is 7.67. The Hall–Kier alpha value is -1.05. The zero-order chi connectivity index (χ0) is 13.7. The molecule has 1 fully saturated rings. The summed E-state index contributed by atoms with van der Waals surface area (Å²) in [6, 6.07) is 4.71. The van der Waals surface area contributed by atoms with Crippen molar-refractivity contribution in [2.24, 2.45) is 0 Å². The van der Waals surface area contributed by atoms with Crippen LogP contribution in [0.5, 0.6) is 5.75 Å².